The van der Waals surface area contributed by atoms with Gasteiger partial charge in [-0.05, 0) is 51.0 Å². The predicted molar refractivity (Wildman–Crippen MR) is 69.9 cm³/mol. The molecule has 1 atom stereocenters. The Bertz CT molecular complexity index is 291. The van der Waals surface area contributed by atoms with Crippen LogP contribution < -0.4 is 5.32 Å². The Kier molecular flexibility index (Phi) is 3.48. The second-order valence-corrected chi connectivity index (χ2v) is 6.05. The van der Waals surface area contributed by atoms with Gasteiger partial charge < -0.3 is 10.2 Å². The zero-order valence-electron chi connectivity index (χ0n) is 11.5. The second-order valence-electron chi connectivity index (χ2n) is 6.05. The normalized spacial score (nSPS) is 32.1. The van der Waals surface area contributed by atoms with Crippen LogP contribution in [0.1, 0.15) is 52.9 Å². The molecule has 17 heavy (non-hydrogen) atoms. The summed E-state index contributed by atoms with van der Waals surface area (Å²) in [5.41, 5.74) is 0.113. The number of hydrogen-bond donors (Lipinski definition) is 1. The van der Waals surface area contributed by atoms with Gasteiger partial charge in [-0.1, -0.05) is 13.8 Å². The highest BCUT2D eigenvalue weighted by Gasteiger charge is 2.44. The molecule has 3 heteroatoms. The van der Waals surface area contributed by atoms with Crippen LogP contribution in [-0.2, 0) is 4.79 Å². The monoisotopic (exact) mass is 238 g/mol. The topological polar surface area (TPSA) is 32.3 Å². The smallest absolute Gasteiger partial charge is 0.242 e. The number of rotatable bonds is 3. The zero-order chi connectivity index (χ0) is 12.5. The fourth-order valence-electron chi connectivity index (χ4n) is 3.36. The number of nitrogens with zero attached hydrogens (tertiary/aromatic N) is 1. The summed E-state index contributed by atoms with van der Waals surface area (Å²) in [6.45, 7) is 9.50. The molecule has 0 spiro atoms. The minimum atomic E-state index is -0.280. The fourth-order valence-corrected chi connectivity index (χ4v) is 3.36. The maximum atomic E-state index is 12.6. The van der Waals surface area contributed by atoms with Gasteiger partial charge in [-0.3, -0.25) is 4.79 Å². The van der Waals surface area contributed by atoms with E-state index >= 15 is 0 Å². The third kappa shape index (κ3) is 2.22. The van der Waals surface area contributed by atoms with Crippen LogP contribution in [0.25, 0.3) is 0 Å². The molecule has 2 aliphatic rings. The molecule has 2 rings (SSSR count). The number of likely N-dealkylation sites (tertiary alicyclic amines) is 1. The molecule has 0 unspecified atom stereocenters. The zero-order valence-corrected chi connectivity index (χ0v) is 11.5. The van der Waals surface area contributed by atoms with Crippen LogP contribution >= 0.6 is 0 Å². The second kappa shape index (κ2) is 4.60. The highest BCUT2D eigenvalue weighted by molar-refractivity contribution is 5.86. The van der Waals surface area contributed by atoms with E-state index < -0.39 is 0 Å². The summed E-state index contributed by atoms with van der Waals surface area (Å²) in [6.07, 6.45) is 5.69. The van der Waals surface area contributed by atoms with E-state index in [1.165, 1.54) is 19.3 Å². The Labute approximate surface area is 105 Å². The molecule has 1 N–H and O–H groups in total. The molecule has 1 amide bonds. The number of nitrogens with one attached hydrogen (secondary N) is 1. The lowest BCUT2D eigenvalue weighted by molar-refractivity contribution is -0.136. The van der Waals surface area contributed by atoms with Gasteiger partial charge in [0.15, 0.2) is 0 Å². The number of carbonyl (C=O) groups excluding carboxylic acids is 1. The molecule has 0 aromatic rings. The summed E-state index contributed by atoms with van der Waals surface area (Å²) in [5.74, 6) is 0.332. The minimum Gasteiger partial charge on any atom is -0.341 e. The van der Waals surface area contributed by atoms with E-state index in [0.717, 1.165) is 32.5 Å². The first-order chi connectivity index (χ1) is 8.05. The lowest BCUT2D eigenvalue weighted by atomic mass is 9.82. The lowest BCUT2D eigenvalue weighted by Crippen LogP contribution is -2.52. The predicted octanol–water partition coefficient (Wildman–Crippen LogP) is 2.17. The molecular weight excluding hydrogens is 212 g/mol. The molecule has 0 saturated carbocycles. The molecule has 3 nitrogen and oxygen atoms in total. The molecule has 2 aliphatic heterocycles. The van der Waals surface area contributed by atoms with E-state index in [0.29, 0.717) is 11.3 Å². The van der Waals surface area contributed by atoms with Gasteiger partial charge in [0.25, 0.3) is 0 Å². The highest BCUT2D eigenvalue weighted by Crippen LogP contribution is 2.38. The summed E-state index contributed by atoms with van der Waals surface area (Å²) in [4.78, 5) is 14.7. The van der Waals surface area contributed by atoms with Gasteiger partial charge in [0.1, 0.15) is 0 Å². The summed E-state index contributed by atoms with van der Waals surface area (Å²) in [5, 5.41) is 3.38. The quantitative estimate of drug-likeness (QED) is 0.817. The molecule has 2 saturated heterocycles. The Morgan fingerprint density at radius 2 is 2.00 bits per heavy atom. The van der Waals surface area contributed by atoms with Crippen molar-refractivity contribution in [1.29, 1.82) is 0 Å². The van der Waals surface area contributed by atoms with Crippen molar-refractivity contribution in [2.24, 2.45) is 5.41 Å². The largest absolute Gasteiger partial charge is 0.341 e. The van der Waals surface area contributed by atoms with Crippen LogP contribution in [-0.4, -0.2) is 36.0 Å². The maximum absolute atomic E-state index is 12.6. The van der Waals surface area contributed by atoms with Crippen LogP contribution in [0.4, 0.5) is 0 Å². The molecule has 0 bridgehead atoms. The van der Waals surface area contributed by atoms with E-state index in [1.807, 2.05) is 0 Å². The summed E-state index contributed by atoms with van der Waals surface area (Å²) >= 11 is 0. The van der Waals surface area contributed by atoms with Crippen molar-refractivity contribution in [2.45, 2.75) is 58.4 Å². The Morgan fingerprint density at radius 1 is 1.29 bits per heavy atom. The third-order valence-electron chi connectivity index (χ3n) is 5.07. The van der Waals surface area contributed by atoms with Gasteiger partial charge in [-0.15, -0.1) is 0 Å². The Hall–Kier alpha value is -0.570. The summed E-state index contributed by atoms with van der Waals surface area (Å²) in [7, 11) is 0. The van der Waals surface area contributed by atoms with Crippen molar-refractivity contribution >= 4 is 5.91 Å². The third-order valence-corrected chi connectivity index (χ3v) is 5.07. The summed E-state index contributed by atoms with van der Waals surface area (Å²) in [6, 6.07) is 0. The number of carbonyl (C=O) groups is 1. The maximum Gasteiger partial charge on any atom is 0.242 e. The molecule has 0 aromatic carbocycles. The first kappa shape index (κ1) is 12.9. The summed E-state index contributed by atoms with van der Waals surface area (Å²) < 4.78 is 0. The first-order valence-electron chi connectivity index (χ1n) is 7.10. The van der Waals surface area contributed by atoms with E-state index in [1.54, 1.807) is 0 Å². The molecule has 2 heterocycles. The molecule has 0 aromatic heterocycles. The average Bonchev–Trinajstić information content (AvgIpc) is 2.96. The van der Waals surface area contributed by atoms with Crippen LogP contribution in [0, 0.1) is 5.41 Å². The Morgan fingerprint density at radius 3 is 2.47 bits per heavy atom. The fraction of sp³-hybridized carbons (Fsp3) is 0.929. The molecule has 0 radical (unpaired) electrons. The first-order valence-corrected chi connectivity index (χ1v) is 7.10. The van der Waals surface area contributed by atoms with Crippen molar-refractivity contribution in [3.05, 3.63) is 0 Å². The SMILES string of the molecule is CCC1(CC)CCN(C(=O)[C@]2(C)CCCN2)C1. The van der Waals surface area contributed by atoms with Gasteiger partial charge in [-0.2, -0.15) is 0 Å². The van der Waals surface area contributed by atoms with Crippen molar-refractivity contribution in [3.8, 4) is 0 Å². The number of hydrogen-bond acceptors (Lipinski definition) is 2. The molecule has 0 aliphatic carbocycles. The lowest BCUT2D eigenvalue weighted by Gasteiger charge is -2.31. The standard InChI is InChI=1S/C14H26N2O/c1-4-14(5-2)8-10-16(11-14)12(17)13(3)7-6-9-15-13/h15H,4-11H2,1-3H3/t13-/m0/s1. The van der Waals surface area contributed by atoms with Gasteiger partial charge in [0, 0.05) is 13.1 Å². The Balaban J connectivity index is 2.03. The van der Waals surface area contributed by atoms with Crippen LogP contribution in [0.5, 0.6) is 0 Å². The van der Waals surface area contributed by atoms with Crippen molar-refractivity contribution in [2.75, 3.05) is 19.6 Å². The average molecular weight is 238 g/mol. The van der Waals surface area contributed by atoms with Gasteiger partial charge >= 0.3 is 0 Å². The van der Waals surface area contributed by atoms with Crippen molar-refractivity contribution in [3.63, 3.8) is 0 Å². The van der Waals surface area contributed by atoms with Gasteiger partial charge in [-0.25, -0.2) is 0 Å². The van der Waals surface area contributed by atoms with Crippen molar-refractivity contribution < 1.29 is 4.79 Å². The molecule has 2 fully saturated rings. The van der Waals surface area contributed by atoms with Crippen LogP contribution in [0.3, 0.4) is 0 Å². The van der Waals surface area contributed by atoms with Gasteiger partial charge in [0.05, 0.1) is 5.54 Å². The number of amides is 1. The van der Waals surface area contributed by atoms with E-state index in [9.17, 15) is 4.79 Å². The van der Waals surface area contributed by atoms with Gasteiger partial charge in [0.2, 0.25) is 5.91 Å². The molecule has 98 valence electrons. The minimum absolute atomic E-state index is 0.280. The van der Waals surface area contributed by atoms with Crippen LogP contribution in [0.15, 0.2) is 0 Å². The van der Waals surface area contributed by atoms with E-state index in [4.69, 9.17) is 0 Å². The van der Waals surface area contributed by atoms with E-state index in [-0.39, 0.29) is 5.54 Å². The highest BCUT2D eigenvalue weighted by atomic mass is 16.2. The molecular formula is C14H26N2O. The van der Waals surface area contributed by atoms with Crippen LogP contribution in [0.2, 0.25) is 0 Å². The van der Waals surface area contributed by atoms with E-state index in [2.05, 4.69) is 31.0 Å². The van der Waals surface area contributed by atoms with Crippen molar-refractivity contribution in [1.82, 2.24) is 10.2 Å².